The van der Waals surface area contributed by atoms with E-state index >= 15 is 0 Å². The minimum atomic E-state index is -0.426. The Bertz CT molecular complexity index is 516. The SMILES string of the molecule is CCOC(=O)c1cc2cc(NC)ccc2o1. The maximum atomic E-state index is 11.4. The Kier molecular flexibility index (Phi) is 2.81. The van der Waals surface area contributed by atoms with Crippen molar-refractivity contribution in [3.05, 3.63) is 30.0 Å². The maximum absolute atomic E-state index is 11.4. The summed E-state index contributed by atoms with van der Waals surface area (Å²) in [5, 5.41) is 3.91. The molecule has 0 amide bonds. The van der Waals surface area contributed by atoms with E-state index in [4.69, 9.17) is 9.15 Å². The average Bonchev–Trinajstić information content (AvgIpc) is 2.71. The lowest BCUT2D eigenvalue weighted by Gasteiger charge is -1.97. The van der Waals surface area contributed by atoms with Gasteiger partial charge in [0.2, 0.25) is 5.76 Å². The van der Waals surface area contributed by atoms with Gasteiger partial charge in [0, 0.05) is 18.1 Å². The van der Waals surface area contributed by atoms with Gasteiger partial charge in [0.1, 0.15) is 5.58 Å². The van der Waals surface area contributed by atoms with Crippen LogP contribution in [0.4, 0.5) is 5.69 Å². The van der Waals surface area contributed by atoms with Crippen LogP contribution < -0.4 is 5.32 Å². The van der Waals surface area contributed by atoms with Crippen LogP contribution in [0.1, 0.15) is 17.5 Å². The van der Waals surface area contributed by atoms with E-state index in [1.807, 2.05) is 25.2 Å². The number of anilines is 1. The van der Waals surface area contributed by atoms with Crippen molar-refractivity contribution in [3.63, 3.8) is 0 Å². The third-order valence-electron chi connectivity index (χ3n) is 2.28. The number of carbonyl (C=O) groups is 1. The van der Waals surface area contributed by atoms with Crippen LogP contribution in [0.3, 0.4) is 0 Å². The third kappa shape index (κ3) is 1.86. The molecule has 84 valence electrons. The third-order valence-corrected chi connectivity index (χ3v) is 2.28. The second-order valence-corrected chi connectivity index (χ2v) is 3.33. The van der Waals surface area contributed by atoms with Crippen molar-refractivity contribution >= 4 is 22.6 Å². The minimum Gasteiger partial charge on any atom is -0.460 e. The van der Waals surface area contributed by atoms with Crippen LogP contribution in [-0.2, 0) is 4.74 Å². The molecule has 4 heteroatoms. The predicted octanol–water partition coefficient (Wildman–Crippen LogP) is 2.65. The maximum Gasteiger partial charge on any atom is 0.374 e. The molecule has 0 saturated carbocycles. The topological polar surface area (TPSA) is 51.5 Å². The summed E-state index contributed by atoms with van der Waals surface area (Å²) in [5.74, 6) is -0.185. The molecule has 1 heterocycles. The van der Waals surface area contributed by atoms with Gasteiger partial charge in [-0.25, -0.2) is 4.79 Å². The van der Waals surface area contributed by atoms with Gasteiger partial charge in [-0.2, -0.15) is 0 Å². The van der Waals surface area contributed by atoms with Crippen LogP contribution in [-0.4, -0.2) is 19.6 Å². The Labute approximate surface area is 93.2 Å². The highest BCUT2D eigenvalue weighted by Gasteiger charge is 2.12. The number of benzene rings is 1. The molecule has 0 bridgehead atoms. The van der Waals surface area contributed by atoms with Crippen LogP contribution in [0.5, 0.6) is 0 Å². The molecule has 0 atom stereocenters. The largest absolute Gasteiger partial charge is 0.460 e. The van der Waals surface area contributed by atoms with Gasteiger partial charge in [0.05, 0.1) is 6.61 Å². The molecule has 1 aromatic carbocycles. The van der Waals surface area contributed by atoms with E-state index in [0.717, 1.165) is 11.1 Å². The number of rotatable bonds is 3. The quantitative estimate of drug-likeness (QED) is 0.806. The van der Waals surface area contributed by atoms with Crippen LogP contribution in [0.15, 0.2) is 28.7 Å². The number of carbonyl (C=O) groups excluding carboxylic acids is 1. The first-order chi connectivity index (χ1) is 7.74. The summed E-state index contributed by atoms with van der Waals surface area (Å²) in [7, 11) is 1.84. The molecule has 0 radical (unpaired) electrons. The second-order valence-electron chi connectivity index (χ2n) is 3.33. The lowest BCUT2D eigenvalue weighted by Crippen LogP contribution is -2.02. The molecule has 0 aliphatic carbocycles. The molecule has 0 spiro atoms. The molecule has 4 nitrogen and oxygen atoms in total. The van der Waals surface area contributed by atoms with Crippen LogP contribution in [0, 0.1) is 0 Å². The number of hydrogen-bond donors (Lipinski definition) is 1. The summed E-state index contributed by atoms with van der Waals surface area (Å²) in [6, 6.07) is 7.32. The first-order valence-electron chi connectivity index (χ1n) is 5.13. The van der Waals surface area contributed by atoms with E-state index in [1.54, 1.807) is 13.0 Å². The number of nitrogens with one attached hydrogen (secondary N) is 1. The van der Waals surface area contributed by atoms with Gasteiger partial charge in [-0.15, -0.1) is 0 Å². The van der Waals surface area contributed by atoms with E-state index in [0.29, 0.717) is 12.2 Å². The zero-order valence-electron chi connectivity index (χ0n) is 9.24. The van der Waals surface area contributed by atoms with E-state index in [1.165, 1.54) is 0 Å². The summed E-state index contributed by atoms with van der Waals surface area (Å²) >= 11 is 0. The summed E-state index contributed by atoms with van der Waals surface area (Å²) < 4.78 is 10.2. The highest BCUT2D eigenvalue weighted by atomic mass is 16.5. The van der Waals surface area contributed by atoms with Crippen molar-refractivity contribution in [2.45, 2.75) is 6.92 Å². The zero-order chi connectivity index (χ0) is 11.5. The van der Waals surface area contributed by atoms with Gasteiger partial charge in [-0.3, -0.25) is 0 Å². The molecule has 16 heavy (non-hydrogen) atoms. The number of fused-ring (bicyclic) bond motifs is 1. The normalized spacial score (nSPS) is 10.4. The van der Waals surface area contributed by atoms with Crippen molar-refractivity contribution in [2.24, 2.45) is 0 Å². The fourth-order valence-electron chi connectivity index (χ4n) is 1.50. The lowest BCUT2D eigenvalue weighted by atomic mass is 10.2. The lowest BCUT2D eigenvalue weighted by molar-refractivity contribution is 0.0492. The first kappa shape index (κ1) is 10.5. The van der Waals surface area contributed by atoms with Crippen molar-refractivity contribution in [1.29, 1.82) is 0 Å². The molecule has 0 fully saturated rings. The van der Waals surface area contributed by atoms with Gasteiger partial charge in [-0.1, -0.05) is 0 Å². The highest BCUT2D eigenvalue weighted by Crippen LogP contribution is 2.23. The van der Waals surface area contributed by atoms with Crippen LogP contribution >= 0.6 is 0 Å². The fraction of sp³-hybridized carbons (Fsp3) is 0.250. The predicted molar refractivity (Wildman–Crippen MR) is 61.7 cm³/mol. The Morgan fingerprint density at radius 2 is 2.25 bits per heavy atom. The van der Waals surface area contributed by atoms with Crippen molar-refractivity contribution in [1.82, 2.24) is 0 Å². The summed E-state index contributed by atoms with van der Waals surface area (Å²) in [6.07, 6.45) is 0. The summed E-state index contributed by atoms with van der Waals surface area (Å²) in [4.78, 5) is 11.4. The van der Waals surface area contributed by atoms with Gasteiger partial charge in [-0.05, 0) is 31.2 Å². The first-order valence-corrected chi connectivity index (χ1v) is 5.13. The fourth-order valence-corrected chi connectivity index (χ4v) is 1.50. The molecule has 1 N–H and O–H groups in total. The molecule has 1 aromatic heterocycles. The number of esters is 1. The smallest absolute Gasteiger partial charge is 0.374 e. The van der Waals surface area contributed by atoms with E-state index < -0.39 is 5.97 Å². The Hall–Kier alpha value is -1.97. The molecule has 0 aliphatic rings. The molecule has 0 aliphatic heterocycles. The molecular formula is C12H13NO3. The molecule has 0 saturated heterocycles. The van der Waals surface area contributed by atoms with E-state index in [9.17, 15) is 4.79 Å². The zero-order valence-corrected chi connectivity index (χ0v) is 9.24. The number of hydrogen-bond acceptors (Lipinski definition) is 4. The summed E-state index contributed by atoms with van der Waals surface area (Å²) in [6.45, 7) is 2.11. The van der Waals surface area contributed by atoms with Gasteiger partial charge < -0.3 is 14.5 Å². The Morgan fingerprint density at radius 3 is 2.94 bits per heavy atom. The van der Waals surface area contributed by atoms with Crippen molar-refractivity contribution < 1.29 is 13.9 Å². The summed E-state index contributed by atoms with van der Waals surface area (Å²) in [5.41, 5.74) is 1.66. The highest BCUT2D eigenvalue weighted by molar-refractivity contribution is 5.93. The van der Waals surface area contributed by atoms with E-state index in [2.05, 4.69) is 5.32 Å². The van der Waals surface area contributed by atoms with Crippen LogP contribution in [0.25, 0.3) is 11.0 Å². The Balaban J connectivity index is 2.39. The van der Waals surface area contributed by atoms with Gasteiger partial charge in [0.25, 0.3) is 0 Å². The Morgan fingerprint density at radius 1 is 1.44 bits per heavy atom. The standard InChI is InChI=1S/C12H13NO3/c1-3-15-12(14)11-7-8-6-9(13-2)4-5-10(8)16-11/h4-7,13H,3H2,1-2H3. The molecular weight excluding hydrogens is 206 g/mol. The van der Waals surface area contributed by atoms with Crippen LogP contribution in [0.2, 0.25) is 0 Å². The molecule has 2 rings (SSSR count). The molecule has 2 aromatic rings. The van der Waals surface area contributed by atoms with E-state index in [-0.39, 0.29) is 5.76 Å². The van der Waals surface area contributed by atoms with Gasteiger partial charge in [0.15, 0.2) is 0 Å². The average molecular weight is 219 g/mol. The van der Waals surface area contributed by atoms with Crippen molar-refractivity contribution in [3.8, 4) is 0 Å². The van der Waals surface area contributed by atoms with Crippen molar-refractivity contribution in [2.75, 3.05) is 19.0 Å². The number of furan rings is 1. The molecule has 0 unspecified atom stereocenters. The minimum absolute atomic E-state index is 0.241. The second kappa shape index (κ2) is 4.26. The number of ether oxygens (including phenoxy) is 1. The monoisotopic (exact) mass is 219 g/mol. The van der Waals surface area contributed by atoms with Gasteiger partial charge >= 0.3 is 5.97 Å².